The lowest BCUT2D eigenvalue weighted by atomic mass is 9.62. The molecule has 0 spiro atoms. The van der Waals surface area contributed by atoms with Crippen molar-refractivity contribution in [2.45, 2.75) is 33.1 Å². The van der Waals surface area contributed by atoms with Gasteiger partial charge in [0.05, 0.1) is 10.4 Å². The summed E-state index contributed by atoms with van der Waals surface area (Å²) in [5.41, 5.74) is 7.69. The fourth-order valence-electron chi connectivity index (χ4n) is 3.00. The molecule has 1 aromatic carbocycles. The minimum Gasteiger partial charge on any atom is -0.392 e. The molecule has 2 rings (SSSR count). The summed E-state index contributed by atoms with van der Waals surface area (Å²) in [4.78, 5) is 12.7. The monoisotopic (exact) mass is 290 g/mol. The summed E-state index contributed by atoms with van der Waals surface area (Å²) in [7, 11) is 0. The van der Waals surface area contributed by atoms with Crippen molar-refractivity contribution < 1.29 is 4.79 Å². The summed E-state index contributed by atoms with van der Waals surface area (Å²) in [6.45, 7) is 4.83. The Bertz CT molecular complexity index is 521. The van der Waals surface area contributed by atoms with E-state index in [9.17, 15) is 4.79 Å². The average molecular weight is 290 g/mol. The van der Waals surface area contributed by atoms with E-state index < -0.39 is 5.41 Å². The van der Waals surface area contributed by atoms with Crippen molar-refractivity contribution in [3.05, 3.63) is 35.4 Å². The Morgan fingerprint density at radius 1 is 1.45 bits per heavy atom. The van der Waals surface area contributed by atoms with E-state index in [1.54, 1.807) is 0 Å². The number of benzene rings is 1. The van der Waals surface area contributed by atoms with Crippen molar-refractivity contribution in [2.24, 2.45) is 17.1 Å². The van der Waals surface area contributed by atoms with Gasteiger partial charge >= 0.3 is 0 Å². The maximum absolute atomic E-state index is 12.3. The molecule has 0 aromatic heterocycles. The van der Waals surface area contributed by atoms with E-state index in [-0.39, 0.29) is 5.91 Å². The van der Waals surface area contributed by atoms with Gasteiger partial charge in [0, 0.05) is 6.54 Å². The molecule has 0 atom stereocenters. The standard InChI is InChI=1S/C16H22N2OS/c1-11-9-16(10-11,14(17)20)15(19)18-8-7-13-6-4-3-5-12(13)2/h3-6,11H,7-10H2,1-2H3,(H2,17,20)(H,18,19). The highest BCUT2D eigenvalue weighted by molar-refractivity contribution is 7.80. The van der Waals surface area contributed by atoms with E-state index in [2.05, 4.69) is 31.3 Å². The second-order valence-electron chi connectivity index (χ2n) is 5.89. The largest absolute Gasteiger partial charge is 0.392 e. The Kier molecular flexibility index (Phi) is 4.43. The van der Waals surface area contributed by atoms with Crippen molar-refractivity contribution in [3.8, 4) is 0 Å². The zero-order valence-electron chi connectivity index (χ0n) is 12.1. The Morgan fingerprint density at radius 2 is 2.10 bits per heavy atom. The van der Waals surface area contributed by atoms with Gasteiger partial charge in [-0.25, -0.2) is 0 Å². The molecule has 108 valence electrons. The molecule has 1 aliphatic carbocycles. The summed E-state index contributed by atoms with van der Waals surface area (Å²) < 4.78 is 0. The quantitative estimate of drug-likeness (QED) is 0.819. The number of aryl methyl sites for hydroxylation is 1. The van der Waals surface area contributed by atoms with Crippen LogP contribution < -0.4 is 11.1 Å². The summed E-state index contributed by atoms with van der Waals surface area (Å²) in [6.07, 6.45) is 2.39. The summed E-state index contributed by atoms with van der Waals surface area (Å²) in [6, 6.07) is 8.22. The topological polar surface area (TPSA) is 55.1 Å². The van der Waals surface area contributed by atoms with Gasteiger partial charge in [-0.3, -0.25) is 4.79 Å². The van der Waals surface area contributed by atoms with Gasteiger partial charge in [0.15, 0.2) is 0 Å². The van der Waals surface area contributed by atoms with E-state index in [0.717, 1.165) is 19.3 Å². The highest BCUT2D eigenvalue weighted by atomic mass is 32.1. The second kappa shape index (κ2) is 5.92. The van der Waals surface area contributed by atoms with Gasteiger partial charge in [0.1, 0.15) is 0 Å². The minimum atomic E-state index is -0.597. The molecular formula is C16H22N2OS. The van der Waals surface area contributed by atoms with Crippen LogP contribution >= 0.6 is 12.2 Å². The van der Waals surface area contributed by atoms with Gasteiger partial charge < -0.3 is 11.1 Å². The third-order valence-corrected chi connectivity index (χ3v) is 4.63. The molecule has 1 aliphatic rings. The van der Waals surface area contributed by atoms with E-state index in [0.29, 0.717) is 17.5 Å². The molecule has 3 nitrogen and oxygen atoms in total. The smallest absolute Gasteiger partial charge is 0.233 e. The molecule has 0 aliphatic heterocycles. The third kappa shape index (κ3) is 2.85. The van der Waals surface area contributed by atoms with Crippen LogP contribution in [0.4, 0.5) is 0 Å². The average Bonchev–Trinajstić information content (AvgIpc) is 2.36. The first-order valence-corrected chi connectivity index (χ1v) is 7.49. The van der Waals surface area contributed by atoms with Crippen molar-refractivity contribution in [1.29, 1.82) is 0 Å². The predicted molar refractivity (Wildman–Crippen MR) is 85.5 cm³/mol. The maximum atomic E-state index is 12.3. The lowest BCUT2D eigenvalue weighted by Gasteiger charge is -2.44. The minimum absolute atomic E-state index is 0.00307. The molecule has 1 saturated carbocycles. The molecule has 0 heterocycles. The highest BCUT2D eigenvalue weighted by Gasteiger charge is 2.50. The fraction of sp³-hybridized carbons (Fsp3) is 0.500. The van der Waals surface area contributed by atoms with Gasteiger partial charge in [-0.2, -0.15) is 0 Å². The predicted octanol–water partition coefficient (Wildman–Crippen LogP) is 2.36. The van der Waals surface area contributed by atoms with Crippen LogP contribution in [-0.4, -0.2) is 17.4 Å². The van der Waals surface area contributed by atoms with Crippen LogP contribution in [0, 0.1) is 18.3 Å². The number of nitrogens with two attached hydrogens (primary N) is 1. The van der Waals surface area contributed by atoms with E-state index in [1.165, 1.54) is 11.1 Å². The van der Waals surface area contributed by atoms with Crippen LogP contribution in [0.5, 0.6) is 0 Å². The Hall–Kier alpha value is -1.42. The number of thiocarbonyl (C=S) groups is 1. The van der Waals surface area contributed by atoms with E-state index in [1.807, 2.05) is 12.1 Å². The molecule has 0 saturated heterocycles. The zero-order valence-corrected chi connectivity index (χ0v) is 12.9. The molecule has 0 radical (unpaired) electrons. The van der Waals surface area contributed by atoms with Gasteiger partial charge in [0.2, 0.25) is 5.91 Å². The normalized spacial score (nSPS) is 24.8. The van der Waals surface area contributed by atoms with E-state index >= 15 is 0 Å². The Balaban J connectivity index is 1.90. The Labute approximate surface area is 125 Å². The Morgan fingerprint density at radius 3 is 2.65 bits per heavy atom. The SMILES string of the molecule is Cc1ccccc1CCNC(=O)C1(C(N)=S)CC(C)C1. The number of hydrogen-bond donors (Lipinski definition) is 2. The summed E-state index contributed by atoms with van der Waals surface area (Å²) in [5.74, 6) is 0.523. The molecule has 0 bridgehead atoms. The van der Waals surface area contributed by atoms with Crippen LogP contribution in [0.15, 0.2) is 24.3 Å². The number of amides is 1. The number of nitrogens with one attached hydrogen (secondary N) is 1. The van der Waals surface area contributed by atoms with Crippen molar-refractivity contribution in [1.82, 2.24) is 5.32 Å². The molecule has 20 heavy (non-hydrogen) atoms. The van der Waals surface area contributed by atoms with Gasteiger partial charge in [-0.05, 0) is 43.2 Å². The van der Waals surface area contributed by atoms with Crippen LogP contribution in [0.1, 0.15) is 30.9 Å². The van der Waals surface area contributed by atoms with Crippen LogP contribution in [0.25, 0.3) is 0 Å². The third-order valence-electron chi connectivity index (χ3n) is 4.24. The number of hydrogen-bond acceptors (Lipinski definition) is 2. The molecule has 0 unspecified atom stereocenters. The first-order chi connectivity index (χ1) is 9.45. The van der Waals surface area contributed by atoms with Crippen LogP contribution in [-0.2, 0) is 11.2 Å². The molecule has 1 fully saturated rings. The molecule has 1 amide bonds. The summed E-state index contributed by atoms with van der Waals surface area (Å²) in [5, 5.41) is 3.00. The fourth-order valence-corrected chi connectivity index (χ4v) is 3.26. The van der Waals surface area contributed by atoms with Crippen molar-refractivity contribution in [3.63, 3.8) is 0 Å². The summed E-state index contributed by atoms with van der Waals surface area (Å²) >= 11 is 5.09. The number of rotatable bonds is 5. The van der Waals surface area contributed by atoms with Crippen molar-refractivity contribution >= 4 is 23.1 Å². The molecule has 1 aromatic rings. The van der Waals surface area contributed by atoms with Crippen LogP contribution in [0.2, 0.25) is 0 Å². The maximum Gasteiger partial charge on any atom is 0.233 e. The molecule has 3 N–H and O–H groups in total. The lowest BCUT2D eigenvalue weighted by molar-refractivity contribution is -0.132. The zero-order chi connectivity index (χ0) is 14.8. The molecule has 4 heteroatoms. The highest BCUT2D eigenvalue weighted by Crippen LogP contribution is 2.45. The molecular weight excluding hydrogens is 268 g/mol. The first-order valence-electron chi connectivity index (χ1n) is 7.08. The first kappa shape index (κ1) is 15.0. The number of carbonyl (C=O) groups excluding carboxylic acids is 1. The number of carbonyl (C=O) groups is 1. The van der Waals surface area contributed by atoms with Gasteiger partial charge in [0.25, 0.3) is 0 Å². The second-order valence-corrected chi connectivity index (χ2v) is 6.33. The lowest BCUT2D eigenvalue weighted by Crippen LogP contribution is -2.56. The van der Waals surface area contributed by atoms with Crippen molar-refractivity contribution in [2.75, 3.05) is 6.54 Å². The van der Waals surface area contributed by atoms with Gasteiger partial charge in [-0.1, -0.05) is 43.4 Å². The van der Waals surface area contributed by atoms with Crippen LogP contribution in [0.3, 0.4) is 0 Å². The van der Waals surface area contributed by atoms with E-state index in [4.69, 9.17) is 18.0 Å². The van der Waals surface area contributed by atoms with Gasteiger partial charge in [-0.15, -0.1) is 0 Å².